The van der Waals surface area contributed by atoms with Crippen LogP contribution in [0.5, 0.6) is 0 Å². The Morgan fingerprint density at radius 1 is 1.39 bits per heavy atom. The molecule has 1 aliphatic heterocycles. The molecule has 0 bridgehead atoms. The van der Waals surface area contributed by atoms with Crippen LogP contribution >= 0.6 is 0 Å². The second kappa shape index (κ2) is 5.38. The summed E-state index contributed by atoms with van der Waals surface area (Å²) in [5.41, 5.74) is 2.08. The van der Waals surface area contributed by atoms with Gasteiger partial charge in [0.25, 0.3) is 0 Å². The van der Waals surface area contributed by atoms with Gasteiger partial charge in [0.15, 0.2) is 0 Å². The second-order valence-electron chi connectivity index (χ2n) is 5.15. The van der Waals surface area contributed by atoms with Gasteiger partial charge in [-0.15, -0.1) is 0 Å². The Morgan fingerprint density at radius 3 is 2.89 bits per heavy atom. The molecule has 0 saturated heterocycles. The van der Waals surface area contributed by atoms with E-state index in [1.54, 1.807) is 6.07 Å². The van der Waals surface area contributed by atoms with E-state index in [4.69, 9.17) is 0 Å². The number of hydrogen-bond acceptors (Lipinski definition) is 2. The number of carbonyl (C=O) groups is 1. The molecule has 4 heteroatoms. The highest BCUT2D eigenvalue weighted by Gasteiger charge is 2.17. The monoisotopic (exact) mass is 250 g/mol. The maximum absolute atomic E-state index is 13.8. The summed E-state index contributed by atoms with van der Waals surface area (Å²) in [6.07, 6.45) is 2.04. The van der Waals surface area contributed by atoms with Crippen LogP contribution in [0.25, 0.3) is 0 Å². The Labute approximate surface area is 107 Å². The SMILES string of the molecule is CC(C)CCNc1cc2c(cc1F)CCC(=O)N2. The Morgan fingerprint density at radius 2 is 2.17 bits per heavy atom. The normalized spacial score (nSPS) is 14.3. The zero-order valence-corrected chi connectivity index (χ0v) is 10.8. The van der Waals surface area contributed by atoms with Gasteiger partial charge >= 0.3 is 0 Å². The molecule has 0 atom stereocenters. The minimum absolute atomic E-state index is 0.00207. The number of carbonyl (C=O) groups excluding carboxylic acids is 1. The first-order valence-electron chi connectivity index (χ1n) is 6.42. The zero-order valence-electron chi connectivity index (χ0n) is 10.8. The predicted molar refractivity (Wildman–Crippen MR) is 71.3 cm³/mol. The summed E-state index contributed by atoms with van der Waals surface area (Å²) in [4.78, 5) is 11.3. The lowest BCUT2D eigenvalue weighted by Crippen LogP contribution is -2.19. The lowest BCUT2D eigenvalue weighted by Gasteiger charge is -2.19. The summed E-state index contributed by atoms with van der Waals surface area (Å²) in [6.45, 7) is 5.00. The van der Waals surface area contributed by atoms with E-state index >= 15 is 0 Å². The lowest BCUT2D eigenvalue weighted by molar-refractivity contribution is -0.116. The van der Waals surface area contributed by atoms with Gasteiger partial charge in [-0.3, -0.25) is 4.79 Å². The molecule has 1 aliphatic rings. The van der Waals surface area contributed by atoms with Crippen LogP contribution in [-0.2, 0) is 11.2 Å². The third-order valence-corrected chi connectivity index (χ3v) is 3.13. The van der Waals surface area contributed by atoms with Crippen molar-refractivity contribution in [3.05, 3.63) is 23.5 Å². The number of nitrogens with one attached hydrogen (secondary N) is 2. The van der Waals surface area contributed by atoms with E-state index in [0.717, 1.165) is 24.2 Å². The van der Waals surface area contributed by atoms with Crippen molar-refractivity contribution in [3.63, 3.8) is 0 Å². The van der Waals surface area contributed by atoms with Crippen LogP contribution in [0.3, 0.4) is 0 Å². The number of hydrogen-bond donors (Lipinski definition) is 2. The first kappa shape index (κ1) is 12.9. The van der Waals surface area contributed by atoms with Crippen molar-refractivity contribution in [2.75, 3.05) is 17.2 Å². The van der Waals surface area contributed by atoms with Crippen LogP contribution in [0.1, 0.15) is 32.3 Å². The quantitative estimate of drug-likeness (QED) is 0.861. The highest BCUT2D eigenvalue weighted by molar-refractivity contribution is 5.94. The topological polar surface area (TPSA) is 41.1 Å². The predicted octanol–water partition coefficient (Wildman–Crippen LogP) is 3.17. The van der Waals surface area contributed by atoms with Crippen molar-refractivity contribution < 1.29 is 9.18 Å². The summed E-state index contributed by atoms with van der Waals surface area (Å²) < 4.78 is 13.8. The molecular weight excluding hydrogens is 231 g/mol. The summed E-state index contributed by atoms with van der Waals surface area (Å²) in [5.74, 6) is 0.341. The molecule has 2 rings (SSSR count). The number of aryl methyl sites for hydroxylation is 1. The van der Waals surface area contributed by atoms with Gasteiger partial charge in [-0.05, 0) is 36.5 Å². The number of rotatable bonds is 4. The van der Waals surface area contributed by atoms with E-state index in [-0.39, 0.29) is 11.7 Å². The van der Waals surface area contributed by atoms with Crippen molar-refractivity contribution in [1.29, 1.82) is 0 Å². The number of amides is 1. The Kier molecular flexibility index (Phi) is 3.84. The van der Waals surface area contributed by atoms with E-state index in [9.17, 15) is 9.18 Å². The van der Waals surface area contributed by atoms with Crippen molar-refractivity contribution in [2.24, 2.45) is 5.92 Å². The maximum atomic E-state index is 13.8. The molecule has 2 N–H and O–H groups in total. The number of benzene rings is 1. The molecule has 0 unspecified atom stereocenters. The first-order chi connectivity index (χ1) is 8.56. The molecule has 1 heterocycles. The van der Waals surface area contributed by atoms with Crippen molar-refractivity contribution in [3.8, 4) is 0 Å². The molecule has 0 aromatic heterocycles. The van der Waals surface area contributed by atoms with Crippen LogP contribution in [0.15, 0.2) is 12.1 Å². The molecule has 1 aromatic carbocycles. The summed E-state index contributed by atoms with van der Waals surface area (Å²) in [6, 6.07) is 3.22. The average Bonchev–Trinajstić information content (AvgIpc) is 2.30. The molecule has 0 saturated carbocycles. The highest BCUT2D eigenvalue weighted by Crippen LogP contribution is 2.28. The highest BCUT2D eigenvalue weighted by atomic mass is 19.1. The van der Waals surface area contributed by atoms with Gasteiger partial charge in [-0.1, -0.05) is 13.8 Å². The fourth-order valence-electron chi connectivity index (χ4n) is 2.03. The molecule has 98 valence electrons. The molecule has 3 nitrogen and oxygen atoms in total. The van der Waals surface area contributed by atoms with E-state index in [1.807, 2.05) is 0 Å². The van der Waals surface area contributed by atoms with Crippen molar-refractivity contribution in [1.82, 2.24) is 0 Å². The Hall–Kier alpha value is -1.58. The summed E-state index contributed by atoms with van der Waals surface area (Å²) >= 11 is 0. The summed E-state index contributed by atoms with van der Waals surface area (Å²) in [5, 5.41) is 5.86. The van der Waals surface area contributed by atoms with E-state index in [2.05, 4.69) is 24.5 Å². The molecule has 0 spiro atoms. The van der Waals surface area contributed by atoms with Gasteiger partial charge in [0.1, 0.15) is 5.82 Å². The van der Waals surface area contributed by atoms with Gasteiger partial charge in [-0.2, -0.15) is 0 Å². The minimum Gasteiger partial charge on any atom is -0.383 e. The van der Waals surface area contributed by atoms with Gasteiger partial charge < -0.3 is 10.6 Å². The third-order valence-electron chi connectivity index (χ3n) is 3.13. The molecule has 0 aliphatic carbocycles. The number of halogens is 1. The van der Waals surface area contributed by atoms with Crippen LogP contribution in [0.4, 0.5) is 15.8 Å². The molecule has 18 heavy (non-hydrogen) atoms. The molecule has 0 radical (unpaired) electrons. The average molecular weight is 250 g/mol. The van der Waals surface area contributed by atoms with Crippen molar-refractivity contribution in [2.45, 2.75) is 33.1 Å². The van der Waals surface area contributed by atoms with Gasteiger partial charge in [-0.25, -0.2) is 4.39 Å². The van der Waals surface area contributed by atoms with E-state index < -0.39 is 0 Å². The fraction of sp³-hybridized carbons (Fsp3) is 0.500. The van der Waals surface area contributed by atoms with Gasteiger partial charge in [0.05, 0.1) is 5.69 Å². The van der Waals surface area contributed by atoms with Crippen LogP contribution in [-0.4, -0.2) is 12.5 Å². The van der Waals surface area contributed by atoms with Gasteiger partial charge in [0.2, 0.25) is 5.91 Å². The molecule has 0 fully saturated rings. The number of anilines is 2. The first-order valence-corrected chi connectivity index (χ1v) is 6.42. The lowest BCUT2D eigenvalue weighted by atomic mass is 10.0. The minimum atomic E-state index is -0.242. The maximum Gasteiger partial charge on any atom is 0.224 e. The molecule has 1 amide bonds. The smallest absolute Gasteiger partial charge is 0.224 e. The number of fused-ring (bicyclic) bond motifs is 1. The molecule has 1 aromatic rings. The van der Waals surface area contributed by atoms with E-state index in [1.165, 1.54) is 6.07 Å². The summed E-state index contributed by atoms with van der Waals surface area (Å²) in [7, 11) is 0. The van der Waals surface area contributed by atoms with Crippen molar-refractivity contribution >= 4 is 17.3 Å². The van der Waals surface area contributed by atoms with Crippen LogP contribution < -0.4 is 10.6 Å². The Balaban J connectivity index is 2.11. The Bertz CT molecular complexity index is 457. The standard InChI is InChI=1S/C14H19FN2O/c1-9(2)5-6-16-13-8-12-10(7-11(13)15)3-4-14(18)17-12/h7-9,16H,3-6H2,1-2H3,(H,17,18). The molecular formula is C14H19FN2O. The fourth-order valence-corrected chi connectivity index (χ4v) is 2.03. The second-order valence-corrected chi connectivity index (χ2v) is 5.15. The van der Waals surface area contributed by atoms with Crippen LogP contribution in [0, 0.1) is 11.7 Å². The zero-order chi connectivity index (χ0) is 13.1. The largest absolute Gasteiger partial charge is 0.383 e. The van der Waals surface area contributed by atoms with E-state index in [0.29, 0.717) is 24.4 Å². The van der Waals surface area contributed by atoms with Crippen LogP contribution in [0.2, 0.25) is 0 Å². The van der Waals surface area contributed by atoms with Gasteiger partial charge in [0, 0.05) is 18.7 Å². The third kappa shape index (κ3) is 3.00.